The highest BCUT2D eigenvalue weighted by molar-refractivity contribution is 7.82. The fourth-order valence-electron chi connectivity index (χ4n) is 3.70. The van der Waals surface area contributed by atoms with Gasteiger partial charge in [-0.3, -0.25) is 0 Å². The van der Waals surface area contributed by atoms with Crippen molar-refractivity contribution in [3.63, 3.8) is 0 Å². The number of fused-ring (bicyclic) bond motifs is 3. The highest BCUT2D eigenvalue weighted by Crippen LogP contribution is 2.51. The molecule has 1 spiro atoms. The Morgan fingerprint density at radius 3 is 2.38 bits per heavy atom. The van der Waals surface area contributed by atoms with E-state index >= 15 is 0 Å². The van der Waals surface area contributed by atoms with Crippen LogP contribution in [0.25, 0.3) is 0 Å². The second-order valence-electron chi connectivity index (χ2n) is 6.96. The molecule has 2 aliphatic heterocycles. The second kappa shape index (κ2) is 6.35. The molecule has 0 aliphatic carbocycles. The Morgan fingerprint density at radius 2 is 1.69 bits per heavy atom. The molecule has 0 saturated carbocycles. The van der Waals surface area contributed by atoms with Crippen molar-refractivity contribution in [2.75, 3.05) is 32.1 Å². The summed E-state index contributed by atoms with van der Waals surface area (Å²) >= 11 is 0. The molecule has 26 heavy (non-hydrogen) atoms. The average Bonchev–Trinajstić information content (AvgIpc) is 2.68. The van der Waals surface area contributed by atoms with Crippen LogP contribution in [-0.2, 0) is 31.0 Å². The SMILES string of the molecule is CN(C)CCCN1c2ccccc2CC2(OS(=O)(=O)O2)c2ccccc21. The van der Waals surface area contributed by atoms with Crippen molar-refractivity contribution >= 4 is 21.8 Å². The van der Waals surface area contributed by atoms with Crippen LogP contribution in [0.4, 0.5) is 11.4 Å². The number of benzene rings is 2. The van der Waals surface area contributed by atoms with Crippen LogP contribution in [-0.4, -0.2) is 40.5 Å². The molecular weight excluding hydrogens is 352 g/mol. The second-order valence-corrected chi connectivity index (χ2v) is 8.11. The summed E-state index contributed by atoms with van der Waals surface area (Å²) in [7, 11) is 0.190. The maximum Gasteiger partial charge on any atom is 0.405 e. The van der Waals surface area contributed by atoms with E-state index in [-0.39, 0.29) is 0 Å². The number of nitrogens with zero attached hydrogens (tertiary/aromatic N) is 2. The summed E-state index contributed by atoms with van der Waals surface area (Å²) in [6, 6.07) is 15.7. The first kappa shape index (κ1) is 17.5. The zero-order valence-corrected chi connectivity index (χ0v) is 15.7. The highest BCUT2D eigenvalue weighted by Gasteiger charge is 2.56. The molecule has 2 aromatic rings. The molecule has 0 bridgehead atoms. The lowest BCUT2D eigenvalue weighted by molar-refractivity contribution is -0.194. The summed E-state index contributed by atoms with van der Waals surface area (Å²) < 4.78 is 34.0. The Morgan fingerprint density at radius 1 is 1.04 bits per heavy atom. The first-order valence-electron chi connectivity index (χ1n) is 8.66. The first-order chi connectivity index (χ1) is 12.4. The van der Waals surface area contributed by atoms with Crippen LogP contribution in [0, 0.1) is 0 Å². The van der Waals surface area contributed by atoms with E-state index in [1.165, 1.54) is 0 Å². The lowest BCUT2D eigenvalue weighted by atomic mass is 9.98. The molecule has 1 saturated heterocycles. The topological polar surface area (TPSA) is 59.1 Å². The van der Waals surface area contributed by atoms with Crippen molar-refractivity contribution in [3.05, 3.63) is 59.7 Å². The fraction of sp³-hybridized carbons (Fsp3) is 0.368. The number of hydrogen-bond donors (Lipinski definition) is 0. The molecule has 7 heteroatoms. The summed E-state index contributed by atoms with van der Waals surface area (Å²) in [5, 5.41) is 0. The molecule has 0 amide bonds. The third-order valence-electron chi connectivity index (χ3n) is 4.77. The predicted octanol–water partition coefficient (Wildman–Crippen LogP) is 2.78. The number of rotatable bonds is 4. The van der Waals surface area contributed by atoms with Crippen molar-refractivity contribution in [1.29, 1.82) is 0 Å². The van der Waals surface area contributed by atoms with Crippen LogP contribution in [0.15, 0.2) is 48.5 Å². The molecule has 0 radical (unpaired) electrons. The summed E-state index contributed by atoms with van der Waals surface area (Å²) in [4.78, 5) is 4.39. The lowest BCUT2D eigenvalue weighted by Crippen LogP contribution is -2.49. The van der Waals surface area contributed by atoms with Crippen LogP contribution in [0.1, 0.15) is 17.5 Å². The van der Waals surface area contributed by atoms with E-state index in [9.17, 15) is 8.42 Å². The summed E-state index contributed by atoms with van der Waals surface area (Å²) in [6.07, 6.45) is 1.33. The predicted molar refractivity (Wildman–Crippen MR) is 99.5 cm³/mol. The standard InChI is InChI=1S/C19H22N2O4S/c1-20(2)12-7-13-21-17-10-5-3-8-15(17)14-19(24-26(22,23)25-19)16-9-4-6-11-18(16)21/h3-6,8-11H,7,12-14H2,1-2H3. The van der Waals surface area contributed by atoms with Crippen molar-refractivity contribution in [1.82, 2.24) is 4.90 Å². The molecule has 0 atom stereocenters. The monoisotopic (exact) mass is 374 g/mol. The molecular formula is C19H22N2O4S. The Bertz CT molecular complexity index is 915. The van der Waals surface area contributed by atoms with E-state index in [1.54, 1.807) is 0 Å². The molecule has 2 aliphatic rings. The minimum Gasteiger partial charge on any atom is -0.341 e. The Balaban J connectivity index is 1.81. The molecule has 2 aromatic carbocycles. The van der Waals surface area contributed by atoms with Gasteiger partial charge in [-0.15, -0.1) is 0 Å². The van der Waals surface area contributed by atoms with Gasteiger partial charge in [0.1, 0.15) is 0 Å². The van der Waals surface area contributed by atoms with E-state index in [0.29, 0.717) is 6.42 Å². The van der Waals surface area contributed by atoms with Gasteiger partial charge >= 0.3 is 10.4 Å². The highest BCUT2D eigenvalue weighted by atomic mass is 32.3. The maximum absolute atomic E-state index is 11.7. The van der Waals surface area contributed by atoms with Gasteiger partial charge in [0.25, 0.3) is 0 Å². The van der Waals surface area contributed by atoms with Gasteiger partial charge in [0, 0.05) is 29.9 Å². The molecule has 0 N–H and O–H groups in total. The fourth-order valence-corrected chi connectivity index (χ4v) is 4.67. The largest absolute Gasteiger partial charge is 0.405 e. The van der Waals surface area contributed by atoms with Gasteiger partial charge in [0.15, 0.2) is 0 Å². The Labute approximate surface area is 154 Å². The number of hydrogen-bond acceptors (Lipinski definition) is 6. The summed E-state index contributed by atoms with van der Waals surface area (Å²) in [5.41, 5.74) is 3.73. The van der Waals surface area contributed by atoms with Crippen molar-refractivity contribution < 1.29 is 16.8 Å². The van der Waals surface area contributed by atoms with E-state index in [0.717, 1.165) is 42.0 Å². The van der Waals surface area contributed by atoms with E-state index in [4.69, 9.17) is 8.37 Å². The third kappa shape index (κ3) is 3.01. The number of anilines is 2. The van der Waals surface area contributed by atoms with E-state index < -0.39 is 16.2 Å². The van der Waals surface area contributed by atoms with Crippen molar-refractivity contribution in [2.45, 2.75) is 18.6 Å². The molecule has 0 aromatic heterocycles. The quantitative estimate of drug-likeness (QED) is 0.820. The molecule has 4 rings (SSSR count). The van der Waals surface area contributed by atoms with Crippen molar-refractivity contribution in [3.8, 4) is 0 Å². The van der Waals surface area contributed by atoms with Gasteiger partial charge in [-0.25, -0.2) is 8.37 Å². The molecule has 6 nitrogen and oxygen atoms in total. The maximum atomic E-state index is 11.7. The van der Waals surface area contributed by atoms with Gasteiger partial charge in [0.2, 0.25) is 5.79 Å². The normalized spacial score (nSPS) is 19.6. The van der Waals surface area contributed by atoms with E-state index in [2.05, 4.69) is 30.0 Å². The average molecular weight is 374 g/mol. The van der Waals surface area contributed by atoms with Gasteiger partial charge in [-0.05, 0) is 44.8 Å². The van der Waals surface area contributed by atoms with Crippen LogP contribution >= 0.6 is 0 Å². The molecule has 2 heterocycles. The summed E-state index contributed by atoms with van der Waals surface area (Å²) in [6.45, 7) is 1.78. The van der Waals surface area contributed by atoms with Crippen LogP contribution in [0.2, 0.25) is 0 Å². The van der Waals surface area contributed by atoms with Gasteiger partial charge in [-0.2, -0.15) is 8.42 Å². The van der Waals surface area contributed by atoms with Crippen LogP contribution in [0.5, 0.6) is 0 Å². The van der Waals surface area contributed by atoms with E-state index in [1.807, 2.05) is 42.5 Å². The minimum atomic E-state index is -3.92. The van der Waals surface area contributed by atoms with Gasteiger partial charge in [-0.1, -0.05) is 36.4 Å². The van der Waals surface area contributed by atoms with Crippen LogP contribution < -0.4 is 4.90 Å². The number of para-hydroxylation sites is 2. The lowest BCUT2D eigenvalue weighted by Gasteiger charge is -2.39. The molecule has 138 valence electrons. The Kier molecular flexibility index (Phi) is 4.27. The van der Waals surface area contributed by atoms with Crippen molar-refractivity contribution in [2.24, 2.45) is 0 Å². The van der Waals surface area contributed by atoms with Gasteiger partial charge in [0.05, 0.1) is 0 Å². The zero-order chi connectivity index (χ0) is 18.4. The Hall–Kier alpha value is -1.93. The third-order valence-corrected chi connectivity index (χ3v) is 5.72. The molecule has 0 unspecified atom stereocenters. The first-order valence-corrected chi connectivity index (χ1v) is 9.99. The molecule has 1 fully saturated rings. The van der Waals surface area contributed by atoms with Crippen LogP contribution in [0.3, 0.4) is 0 Å². The zero-order valence-electron chi connectivity index (χ0n) is 14.9. The summed E-state index contributed by atoms with van der Waals surface area (Å²) in [5.74, 6) is -1.28. The smallest absolute Gasteiger partial charge is 0.341 e. The minimum absolute atomic E-state index is 0.351. The van der Waals surface area contributed by atoms with Gasteiger partial charge < -0.3 is 9.80 Å².